The molecule has 7 heteroatoms. The van der Waals surface area contributed by atoms with Crippen LogP contribution in [0.4, 0.5) is 10.1 Å². The van der Waals surface area contributed by atoms with Gasteiger partial charge in [0.2, 0.25) is 11.8 Å². The Labute approximate surface area is 126 Å². The number of carboxylic acids is 1. The summed E-state index contributed by atoms with van der Waals surface area (Å²) in [6, 6.07) is 3.80. The van der Waals surface area contributed by atoms with Crippen molar-refractivity contribution >= 4 is 23.5 Å². The molecule has 0 atom stereocenters. The summed E-state index contributed by atoms with van der Waals surface area (Å²) in [6.45, 7) is 0. The van der Waals surface area contributed by atoms with Crippen LogP contribution < -0.4 is 10.6 Å². The molecule has 1 aromatic rings. The third kappa shape index (κ3) is 2.93. The molecule has 1 aromatic carbocycles. The van der Waals surface area contributed by atoms with Crippen LogP contribution in [0.5, 0.6) is 0 Å². The first kappa shape index (κ1) is 15.9. The summed E-state index contributed by atoms with van der Waals surface area (Å²) in [5, 5.41) is 13.7. The second-order valence-electron chi connectivity index (χ2n) is 5.35. The van der Waals surface area contributed by atoms with Crippen molar-refractivity contribution in [2.24, 2.45) is 5.41 Å². The van der Waals surface area contributed by atoms with Crippen molar-refractivity contribution in [3.63, 3.8) is 0 Å². The smallest absolute Gasteiger partial charge is 0.307 e. The van der Waals surface area contributed by atoms with Gasteiger partial charge in [-0.1, -0.05) is 12.5 Å². The number of benzene rings is 1. The van der Waals surface area contributed by atoms with Gasteiger partial charge in [-0.3, -0.25) is 14.4 Å². The lowest BCUT2D eigenvalue weighted by atomic mass is 9.67. The van der Waals surface area contributed by atoms with Gasteiger partial charge in [-0.25, -0.2) is 4.39 Å². The average molecular weight is 308 g/mol. The van der Waals surface area contributed by atoms with Crippen LogP contribution in [0.15, 0.2) is 18.2 Å². The number of amides is 2. The van der Waals surface area contributed by atoms with Crippen LogP contribution in [-0.4, -0.2) is 29.9 Å². The SMILES string of the molecule is CNC(=O)C1(C(=O)Nc2ccc(CC(=O)O)c(F)c2)CCC1. The summed E-state index contributed by atoms with van der Waals surface area (Å²) in [5.41, 5.74) is -0.854. The van der Waals surface area contributed by atoms with Crippen molar-refractivity contribution in [1.82, 2.24) is 5.32 Å². The van der Waals surface area contributed by atoms with E-state index in [1.807, 2.05) is 0 Å². The molecule has 0 unspecified atom stereocenters. The summed E-state index contributed by atoms with van der Waals surface area (Å²) >= 11 is 0. The van der Waals surface area contributed by atoms with E-state index in [1.54, 1.807) is 0 Å². The highest BCUT2D eigenvalue weighted by Gasteiger charge is 2.50. The normalized spacial score (nSPS) is 15.5. The second kappa shape index (κ2) is 6.13. The predicted octanol–water partition coefficient (Wildman–Crippen LogP) is 1.31. The number of carbonyl (C=O) groups is 3. The number of hydrogen-bond donors (Lipinski definition) is 3. The molecule has 2 amide bonds. The molecule has 0 spiro atoms. The lowest BCUT2D eigenvalue weighted by Crippen LogP contribution is -2.52. The van der Waals surface area contributed by atoms with Crippen molar-refractivity contribution in [2.75, 3.05) is 12.4 Å². The van der Waals surface area contributed by atoms with E-state index in [0.29, 0.717) is 12.8 Å². The minimum absolute atomic E-state index is 0.0372. The van der Waals surface area contributed by atoms with Crippen LogP contribution in [0, 0.1) is 11.2 Å². The second-order valence-corrected chi connectivity index (χ2v) is 5.35. The average Bonchev–Trinajstić information content (AvgIpc) is 2.40. The quantitative estimate of drug-likeness (QED) is 0.715. The van der Waals surface area contributed by atoms with Crippen LogP contribution in [-0.2, 0) is 20.8 Å². The number of hydrogen-bond acceptors (Lipinski definition) is 3. The van der Waals surface area contributed by atoms with E-state index in [4.69, 9.17) is 5.11 Å². The van der Waals surface area contributed by atoms with E-state index in [2.05, 4.69) is 10.6 Å². The maximum Gasteiger partial charge on any atom is 0.307 e. The first-order chi connectivity index (χ1) is 10.4. The predicted molar refractivity (Wildman–Crippen MR) is 76.7 cm³/mol. The zero-order valence-corrected chi connectivity index (χ0v) is 12.1. The first-order valence-electron chi connectivity index (χ1n) is 6.93. The largest absolute Gasteiger partial charge is 0.481 e. The monoisotopic (exact) mass is 308 g/mol. The third-order valence-electron chi connectivity index (χ3n) is 3.96. The van der Waals surface area contributed by atoms with Crippen LogP contribution in [0.1, 0.15) is 24.8 Å². The fourth-order valence-electron chi connectivity index (χ4n) is 2.51. The molecule has 0 heterocycles. The van der Waals surface area contributed by atoms with E-state index in [9.17, 15) is 18.8 Å². The minimum Gasteiger partial charge on any atom is -0.481 e. The Morgan fingerprint density at radius 2 is 1.95 bits per heavy atom. The van der Waals surface area contributed by atoms with Crippen LogP contribution in [0.25, 0.3) is 0 Å². The number of aliphatic carboxylic acids is 1. The standard InChI is InChI=1S/C15H17FN2O4/c1-17-13(21)15(5-2-6-15)14(22)18-10-4-3-9(7-12(19)20)11(16)8-10/h3-4,8H,2,5-7H2,1H3,(H,17,21)(H,18,22)(H,19,20). The Morgan fingerprint density at radius 1 is 1.27 bits per heavy atom. The molecule has 1 aliphatic carbocycles. The lowest BCUT2D eigenvalue weighted by Gasteiger charge is -2.38. The molecule has 0 saturated heterocycles. The van der Waals surface area contributed by atoms with E-state index in [0.717, 1.165) is 12.5 Å². The molecule has 118 valence electrons. The highest BCUT2D eigenvalue weighted by atomic mass is 19.1. The summed E-state index contributed by atoms with van der Waals surface area (Å²) in [6.07, 6.45) is 1.27. The molecule has 2 rings (SSSR count). The summed E-state index contributed by atoms with van der Waals surface area (Å²) in [4.78, 5) is 34.8. The number of anilines is 1. The Hall–Kier alpha value is -2.44. The minimum atomic E-state index is -1.14. The molecule has 1 saturated carbocycles. The van der Waals surface area contributed by atoms with Gasteiger partial charge in [-0.2, -0.15) is 0 Å². The molecule has 0 radical (unpaired) electrons. The van der Waals surface area contributed by atoms with Crippen molar-refractivity contribution in [1.29, 1.82) is 0 Å². The first-order valence-corrected chi connectivity index (χ1v) is 6.93. The number of nitrogens with one attached hydrogen (secondary N) is 2. The Bertz CT molecular complexity index is 626. The molecule has 1 fully saturated rings. The van der Waals surface area contributed by atoms with E-state index < -0.39 is 29.5 Å². The Balaban J connectivity index is 2.13. The Kier molecular flexibility index (Phi) is 4.44. The van der Waals surface area contributed by atoms with Crippen molar-refractivity contribution in [3.05, 3.63) is 29.6 Å². The number of carbonyl (C=O) groups excluding carboxylic acids is 2. The van der Waals surface area contributed by atoms with Crippen LogP contribution >= 0.6 is 0 Å². The van der Waals surface area contributed by atoms with Gasteiger partial charge in [0.1, 0.15) is 11.2 Å². The van der Waals surface area contributed by atoms with Gasteiger partial charge < -0.3 is 15.7 Å². The maximum atomic E-state index is 13.8. The van der Waals surface area contributed by atoms with Gasteiger partial charge in [0, 0.05) is 12.7 Å². The number of rotatable bonds is 5. The topological polar surface area (TPSA) is 95.5 Å². The van der Waals surface area contributed by atoms with Gasteiger partial charge in [0.25, 0.3) is 0 Å². The fourth-order valence-corrected chi connectivity index (χ4v) is 2.51. The molecule has 22 heavy (non-hydrogen) atoms. The maximum absolute atomic E-state index is 13.8. The van der Waals surface area contributed by atoms with Gasteiger partial charge in [-0.15, -0.1) is 0 Å². The number of carboxylic acid groups (broad SMARTS) is 1. The highest BCUT2D eigenvalue weighted by molar-refractivity contribution is 6.11. The zero-order chi connectivity index (χ0) is 16.3. The van der Waals surface area contributed by atoms with Crippen molar-refractivity contribution < 1.29 is 23.9 Å². The highest BCUT2D eigenvalue weighted by Crippen LogP contribution is 2.42. The van der Waals surface area contributed by atoms with E-state index in [1.165, 1.54) is 19.2 Å². The van der Waals surface area contributed by atoms with Crippen molar-refractivity contribution in [2.45, 2.75) is 25.7 Å². The summed E-state index contributed by atoms with van der Waals surface area (Å²) < 4.78 is 13.8. The zero-order valence-electron chi connectivity index (χ0n) is 12.1. The van der Waals surface area contributed by atoms with E-state index >= 15 is 0 Å². The van der Waals surface area contributed by atoms with Crippen LogP contribution in [0.2, 0.25) is 0 Å². The van der Waals surface area contributed by atoms with E-state index in [-0.39, 0.29) is 17.2 Å². The molecule has 0 aliphatic heterocycles. The molecular weight excluding hydrogens is 291 g/mol. The Morgan fingerprint density at radius 3 is 2.41 bits per heavy atom. The number of halogens is 1. The molecule has 6 nitrogen and oxygen atoms in total. The summed E-state index contributed by atoms with van der Waals surface area (Å²) in [5.74, 6) is -2.66. The molecule has 3 N–H and O–H groups in total. The van der Waals surface area contributed by atoms with Gasteiger partial charge in [-0.05, 0) is 30.5 Å². The molecular formula is C15H17FN2O4. The van der Waals surface area contributed by atoms with Crippen molar-refractivity contribution in [3.8, 4) is 0 Å². The van der Waals surface area contributed by atoms with Gasteiger partial charge in [0.05, 0.1) is 6.42 Å². The molecule has 0 bridgehead atoms. The molecule has 0 aromatic heterocycles. The van der Waals surface area contributed by atoms with Gasteiger partial charge >= 0.3 is 5.97 Å². The fraction of sp³-hybridized carbons (Fsp3) is 0.400. The van der Waals surface area contributed by atoms with Crippen LogP contribution in [0.3, 0.4) is 0 Å². The summed E-state index contributed by atoms with van der Waals surface area (Å²) in [7, 11) is 1.47. The lowest BCUT2D eigenvalue weighted by molar-refractivity contribution is -0.146. The van der Waals surface area contributed by atoms with Gasteiger partial charge in [0.15, 0.2) is 0 Å². The molecule has 1 aliphatic rings. The third-order valence-corrected chi connectivity index (χ3v) is 3.96.